The number of anilines is 1. The third-order valence-electron chi connectivity index (χ3n) is 7.08. The fraction of sp³-hybridized carbons (Fsp3) is 0.481. The summed E-state index contributed by atoms with van der Waals surface area (Å²) in [6.07, 6.45) is -0.393. The molecule has 0 aliphatic carbocycles. The summed E-state index contributed by atoms with van der Waals surface area (Å²) in [4.78, 5) is 53.7. The Morgan fingerprint density at radius 1 is 1.15 bits per heavy atom. The van der Waals surface area contributed by atoms with Gasteiger partial charge in [-0.3, -0.25) is 14.5 Å². The lowest BCUT2D eigenvalue weighted by Crippen LogP contribution is -2.43. The topological polar surface area (TPSA) is 114 Å². The lowest BCUT2D eigenvalue weighted by Gasteiger charge is -2.36. The number of aromatic nitrogens is 4. The normalized spacial score (nSPS) is 19.1. The Kier molecular flexibility index (Phi) is 7.11. The highest BCUT2D eigenvalue weighted by molar-refractivity contribution is 7.09. The van der Waals surface area contributed by atoms with E-state index in [1.165, 1.54) is 40.7 Å². The van der Waals surface area contributed by atoms with Gasteiger partial charge in [-0.15, -0.1) is 0 Å². The Morgan fingerprint density at radius 3 is 2.48 bits per heavy atom. The number of hydrogen-bond donors (Lipinski definition) is 0. The van der Waals surface area contributed by atoms with Crippen LogP contribution in [0.1, 0.15) is 62.0 Å². The lowest BCUT2D eigenvalue weighted by molar-refractivity contribution is -0.117. The van der Waals surface area contributed by atoms with Gasteiger partial charge in [0.2, 0.25) is 5.91 Å². The largest absolute Gasteiger partial charge is 0.444 e. The summed E-state index contributed by atoms with van der Waals surface area (Å²) in [5.74, 6) is 0.779. The smallest absolute Gasteiger partial charge is 0.410 e. The fourth-order valence-electron chi connectivity index (χ4n) is 5.06. The van der Waals surface area contributed by atoms with Crippen molar-refractivity contribution < 1.29 is 23.5 Å². The first kappa shape index (κ1) is 27.7. The van der Waals surface area contributed by atoms with Crippen molar-refractivity contribution in [3.63, 3.8) is 0 Å². The zero-order valence-corrected chi connectivity index (χ0v) is 24.2. The average molecular weight is 570 g/mol. The van der Waals surface area contributed by atoms with Crippen LogP contribution in [0.4, 0.5) is 15.0 Å². The molecule has 5 rings (SSSR count). The van der Waals surface area contributed by atoms with Gasteiger partial charge in [0.05, 0.1) is 17.8 Å². The Hall–Kier alpha value is -3.87. The Bertz CT molecular complexity index is 1460. The zero-order chi connectivity index (χ0) is 28.9. The number of benzene rings is 1. The van der Waals surface area contributed by atoms with Gasteiger partial charge < -0.3 is 19.1 Å². The fourth-order valence-corrected chi connectivity index (χ4v) is 5.73. The summed E-state index contributed by atoms with van der Waals surface area (Å²) in [7, 11) is 1.62. The van der Waals surface area contributed by atoms with Gasteiger partial charge in [0, 0.05) is 38.7 Å². The molecular weight excluding hydrogens is 537 g/mol. The van der Waals surface area contributed by atoms with E-state index in [4.69, 9.17) is 9.72 Å². The number of halogens is 1. The van der Waals surface area contributed by atoms with Gasteiger partial charge >= 0.3 is 6.09 Å². The lowest BCUT2D eigenvalue weighted by atomic mass is 10.1. The third kappa shape index (κ3) is 5.17. The van der Waals surface area contributed by atoms with Crippen molar-refractivity contribution in [2.24, 2.45) is 0 Å². The predicted octanol–water partition coefficient (Wildman–Crippen LogP) is 4.04. The number of aryl methyl sites for hydroxylation is 1. The van der Waals surface area contributed by atoms with Crippen LogP contribution in [-0.2, 0) is 16.1 Å². The number of ether oxygens (including phenoxy) is 1. The molecule has 0 spiro atoms. The van der Waals surface area contributed by atoms with Crippen molar-refractivity contribution in [1.29, 1.82) is 0 Å². The minimum absolute atomic E-state index is 0.113. The van der Waals surface area contributed by atoms with Crippen molar-refractivity contribution in [3.8, 4) is 10.8 Å². The quantitative estimate of drug-likeness (QED) is 0.466. The molecule has 2 aliphatic rings. The number of carbonyl (C=O) groups is 3. The van der Waals surface area contributed by atoms with Crippen LogP contribution >= 0.6 is 11.5 Å². The highest BCUT2D eigenvalue weighted by Crippen LogP contribution is 2.40. The van der Waals surface area contributed by atoms with E-state index < -0.39 is 29.6 Å². The van der Waals surface area contributed by atoms with E-state index in [2.05, 4.69) is 9.36 Å². The molecule has 11 nitrogen and oxygen atoms in total. The average Bonchev–Trinajstić information content (AvgIpc) is 3.59. The van der Waals surface area contributed by atoms with Crippen molar-refractivity contribution >= 4 is 35.3 Å². The molecule has 3 aromatic rings. The van der Waals surface area contributed by atoms with Gasteiger partial charge in [-0.05, 0) is 70.4 Å². The van der Waals surface area contributed by atoms with Crippen molar-refractivity contribution in [1.82, 2.24) is 28.7 Å². The highest BCUT2D eigenvalue weighted by Gasteiger charge is 2.42. The van der Waals surface area contributed by atoms with Crippen LogP contribution in [0.15, 0.2) is 24.3 Å². The Balaban J connectivity index is 1.50. The SMILES string of the molecule is Cc1nsc(-c2nc(N3CC(N(C)C(=O)OC(C)(C)C)CC3=O)c3n2CCN(C(=O)c2ccc(F)cc2)C3C)n1. The summed E-state index contributed by atoms with van der Waals surface area (Å²) < 4.78 is 25.3. The summed E-state index contributed by atoms with van der Waals surface area (Å²) in [6, 6.07) is 4.59. The summed E-state index contributed by atoms with van der Waals surface area (Å²) in [5.41, 5.74) is 0.402. The van der Waals surface area contributed by atoms with Gasteiger partial charge in [0.25, 0.3) is 5.91 Å². The second-order valence-corrected chi connectivity index (χ2v) is 11.8. The van der Waals surface area contributed by atoms with Crippen LogP contribution in [-0.4, -0.2) is 78.4 Å². The molecule has 212 valence electrons. The number of fused-ring (bicyclic) bond motifs is 1. The zero-order valence-electron chi connectivity index (χ0n) is 23.3. The minimum atomic E-state index is -0.665. The third-order valence-corrected chi connectivity index (χ3v) is 7.88. The second kappa shape index (κ2) is 10.3. The van der Waals surface area contributed by atoms with Gasteiger partial charge in [-0.2, -0.15) is 4.37 Å². The molecule has 1 aromatic carbocycles. The molecular formula is C27H32FN7O4S. The molecule has 1 saturated heterocycles. The maximum absolute atomic E-state index is 13.5. The number of rotatable bonds is 4. The Morgan fingerprint density at radius 2 is 1.85 bits per heavy atom. The van der Waals surface area contributed by atoms with Crippen LogP contribution in [0.2, 0.25) is 0 Å². The molecule has 13 heteroatoms. The maximum Gasteiger partial charge on any atom is 0.410 e. The summed E-state index contributed by atoms with van der Waals surface area (Å²) >= 11 is 1.22. The first-order valence-corrected chi connectivity index (χ1v) is 13.8. The molecule has 40 heavy (non-hydrogen) atoms. The summed E-state index contributed by atoms with van der Waals surface area (Å²) in [5, 5.41) is 0.615. The number of hydrogen-bond acceptors (Lipinski definition) is 8. The number of amides is 3. The molecule has 0 bridgehead atoms. The molecule has 0 N–H and O–H groups in total. The van der Waals surface area contributed by atoms with Gasteiger partial charge in [-0.1, -0.05) is 0 Å². The molecule has 2 aliphatic heterocycles. The first-order valence-electron chi connectivity index (χ1n) is 13.1. The standard InChI is InChI=1S/C27H32FN7O4S/c1-15-21-22(35-14-19(13-20(35)36)32(6)26(38)39-27(3,4)5)30-23(24-29-16(2)31-40-24)34(21)12-11-33(15)25(37)17-7-9-18(28)10-8-17/h7-10,15,19H,11-14H2,1-6H3. The number of likely N-dealkylation sites (N-methyl/N-ethyl adjacent to an activating group) is 1. The van der Waals surface area contributed by atoms with E-state index in [0.717, 1.165) is 0 Å². The molecule has 2 aromatic heterocycles. The van der Waals surface area contributed by atoms with Crippen LogP contribution < -0.4 is 4.90 Å². The first-order chi connectivity index (χ1) is 18.8. The number of imidazole rings is 1. The Labute approximate surface area is 235 Å². The molecule has 2 unspecified atom stereocenters. The maximum atomic E-state index is 13.5. The van der Waals surface area contributed by atoms with Crippen LogP contribution in [0.3, 0.4) is 0 Å². The number of nitrogens with zero attached hydrogens (tertiary/aromatic N) is 7. The van der Waals surface area contributed by atoms with Gasteiger partial charge in [0.15, 0.2) is 16.6 Å². The van der Waals surface area contributed by atoms with Crippen molar-refractivity contribution in [2.75, 3.05) is 25.0 Å². The van der Waals surface area contributed by atoms with Crippen LogP contribution in [0.25, 0.3) is 10.8 Å². The highest BCUT2D eigenvalue weighted by atomic mass is 32.1. The van der Waals surface area contributed by atoms with E-state index in [0.29, 0.717) is 46.8 Å². The van der Waals surface area contributed by atoms with Crippen molar-refractivity contribution in [2.45, 2.75) is 65.3 Å². The molecule has 3 amide bonds. The van der Waals surface area contributed by atoms with Gasteiger partial charge in [-0.25, -0.2) is 19.2 Å². The monoisotopic (exact) mass is 569 g/mol. The van der Waals surface area contributed by atoms with E-state index in [1.807, 2.05) is 11.5 Å². The van der Waals surface area contributed by atoms with E-state index in [1.54, 1.807) is 44.5 Å². The molecule has 0 radical (unpaired) electrons. The van der Waals surface area contributed by atoms with Gasteiger partial charge in [0.1, 0.15) is 17.2 Å². The second-order valence-electron chi connectivity index (χ2n) is 11.1. The molecule has 2 atom stereocenters. The number of carbonyl (C=O) groups excluding carboxylic acids is 3. The molecule has 4 heterocycles. The predicted molar refractivity (Wildman–Crippen MR) is 146 cm³/mol. The van der Waals surface area contributed by atoms with Crippen LogP contribution in [0.5, 0.6) is 0 Å². The van der Waals surface area contributed by atoms with E-state index in [-0.39, 0.29) is 24.8 Å². The van der Waals surface area contributed by atoms with Crippen molar-refractivity contribution in [3.05, 3.63) is 47.2 Å². The summed E-state index contributed by atoms with van der Waals surface area (Å²) in [6.45, 7) is 10.1. The molecule has 0 saturated carbocycles. The van der Waals surface area contributed by atoms with Crippen LogP contribution in [0, 0.1) is 12.7 Å². The molecule has 1 fully saturated rings. The van der Waals surface area contributed by atoms with E-state index in [9.17, 15) is 18.8 Å². The minimum Gasteiger partial charge on any atom is -0.444 e. The van der Waals surface area contributed by atoms with E-state index >= 15 is 0 Å².